The molecular formula is C25H30N2O5. The molecule has 170 valence electrons. The van der Waals surface area contributed by atoms with Gasteiger partial charge >= 0.3 is 5.97 Å². The fourth-order valence-electron chi connectivity index (χ4n) is 7.15. The summed E-state index contributed by atoms with van der Waals surface area (Å²) in [4.78, 5) is 51.1. The van der Waals surface area contributed by atoms with E-state index in [9.17, 15) is 19.2 Å². The molecule has 3 amide bonds. The number of ether oxygens (including phenoxy) is 1. The molecule has 2 atom stereocenters. The van der Waals surface area contributed by atoms with Crippen LogP contribution in [-0.4, -0.2) is 47.3 Å². The van der Waals surface area contributed by atoms with E-state index in [2.05, 4.69) is 5.32 Å². The van der Waals surface area contributed by atoms with Crippen LogP contribution in [0.2, 0.25) is 0 Å². The van der Waals surface area contributed by atoms with E-state index in [0.717, 1.165) is 32.1 Å². The van der Waals surface area contributed by atoms with Gasteiger partial charge in [0.05, 0.1) is 23.1 Å². The third kappa shape index (κ3) is 3.51. The molecule has 4 aliphatic carbocycles. The van der Waals surface area contributed by atoms with Crippen molar-refractivity contribution < 1.29 is 23.9 Å². The van der Waals surface area contributed by atoms with E-state index in [1.54, 1.807) is 31.2 Å². The highest BCUT2D eigenvalue weighted by molar-refractivity contribution is 6.21. The molecule has 4 fully saturated rings. The van der Waals surface area contributed by atoms with Crippen LogP contribution in [0.15, 0.2) is 24.3 Å². The Hall–Kier alpha value is -2.70. The zero-order chi connectivity index (χ0) is 22.5. The molecule has 1 aliphatic heterocycles. The Bertz CT molecular complexity index is 937. The summed E-state index contributed by atoms with van der Waals surface area (Å²) in [6.45, 7) is 2.16. The van der Waals surface area contributed by atoms with Crippen molar-refractivity contribution in [3.05, 3.63) is 35.4 Å². The van der Waals surface area contributed by atoms with Gasteiger partial charge in [0.1, 0.15) is 0 Å². The minimum absolute atomic E-state index is 0.0244. The molecule has 2 unspecified atom stereocenters. The summed E-state index contributed by atoms with van der Waals surface area (Å²) in [5, 5.41) is 3.17. The average Bonchev–Trinajstić information content (AvgIpc) is 2.96. The van der Waals surface area contributed by atoms with Gasteiger partial charge in [-0.15, -0.1) is 0 Å². The fourth-order valence-corrected chi connectivity index (χ4v) is 7.15. The van der Waals surface area contributed by atoms with E-state index in [1.165, 1.54) is 4.90 Å². The highest BCUT2D eigenvalue weighted by Gasteiger charge is 2.61. The summed E-state index contributed by atoms with van der Waals surface area (Å²) in [6, 6.07) is 6.87. The second kappa shape index (κ2) is 7.71. The number of nitrogens with one attached hydrogen (secondary N) is 1. The molecule has 0 spiro atoms. The minimum Gasteiger partial charge on any atom is -0.465 e. The maximum atomic E-state index is 13.1. The molecule has 32 heavy (non-hydrogen) atoms. The molecule has 4 bridgehead atoms. The number of benzene rings is 1. The number of amides is 3. The summed E-state index contributed by atoms with van der Waals surface area (Å²) in [6.07, 6.45) is 6.68. The Morgan fingerprint density at radius 3 is 2.25 bits per heavy atom. The standard InChI is InChI=1S/C25H30N2O5/c1-16(28)26-25-13-17-10-18(14-25)12-24(11-17,15-25)23(31)32-9-5-4-8-27-21(29)19-6-2-3-7-20(19)22(27)30/h2-3,6-7,17-18H,4-5,8-15H2,1H3,(H,26,28). The van der Waals surface area contributed by atoms with Crippen LogP contribution in [0.25, 0.3) is 0 Å². The van der Waals surface area contributed by atoms with Gasteiger partial charge in [-0.1, -0.05) is 12.1 Å². The van der Waals surface area contributed by atoms with E-state index < -0.39 is 5.41 Å². The fraction of sp³-hybridized carbons (Fsp3) is 0.600. The number of rotatable bonds is 7. The number of carbonyl (C=O) groups excluding carboxylic acids is 4. The molecule has 6 rings (SSSR count). The van der Waals surface area contributed by atoms with Crippen LogP contribution >= 0.6 is 0 Å². The van der Waals surface area contributed by atoms with Crippen molar-refractivity contribution in [2.24, 2.45) is 17.3 Å². The first-order valence-corrected chi connectivity index (χ1v) is 11.7. The number of hydrogen-bond donors (Lipinski definition) is 1. The molecule has 1 aromatic rings. The predicted octanol–water partition coefficient (Wildman–Crippen LogP) is 3.08. The molecule has 1 aromatic carbocycles. The molecule has 0 radical (unpaired) electrons. The Labute approximate surface area is 187 Å². The van der Waals surface area contributed by atoms with Crippen LogP contribution in [0.4, 0.5) is 0 Å². The molecule has 0 saturated heterocycles. The normalized spacial score (nSPS) is 32.2. The highest BCUT2D eigenvalue weighted by atomic mass is 16.5. The van der Waals surface area contributed by atoms with Gasteiger partial charge in [0.25, 0.3) is 11.8 Å². The van der Waals surface area contributed by atoms with Crippen molar-refractivity contribution in [1.29, 1.82) is 0 Å². The van der Waals surface area contributed by atoms with E-state index in [0.29, 0.717) is 48.8 Å². The van der Waals surface area contributed by atoms with Crippen LogP contribution in [0.3, 0.4) is 0 Å². The van der Waals surface area contributed by atoms with E-state index in [4.69, 9.17) is 4.74 Å². The number of fused-ring (bicyclic) bond motifs is 1. The van der Waals surface area contributed by atoms with Crippen LogP contribution < -0.4 is 5.32 Å². The lowest BCUT2D eigenvalue weighted by Crippen LogP contribution is -2.64. The first-order valence-electron chi connectivity index (χ1n) is 11.7. The summed E-state index contributed by atoms with van der Waals surface area (Å²) in [5.41, 5.74) is 0.188. The second-order valence-corrected chi connectivity index (χ2v) is 10.4. The Morgan fingerprint density at radius 2 is 1.66 bits per heavy atom. The zero-order valence-corrected chi connectivity index (χ0v) is 18.5. The molecule has 7 nitrogen and oxygen atoms in total. The molecule has 5 aliphatic rings. The van der Waals surface area contributed by atoms with Crippen LogP contribution in [-0.2, 0) is 14.3 Å². The van der Waals surface area contributed by atoms with Crippen LogP contribution in [0.1, 0.15) is 79.0 Å². The zero-order valence-electron chi connectivity index (χ0n) is 18.5. The Kier molecular flexibility index (Phi) is 5.10. The summed E-state index contributed by atoms with van der Waals surface area (Å²) >= 11 is 0. The summed E-state index contributed by atoms with van der Waals surface area (Å²) < 4.78 is 5.72. The van der Waals surface area contributed by atoms with Crippen molar-refractivity contribution in [1.82, 2.24) is 10.2 Å². The largest absolute Gasteiger partial charge is 0.465 e. The number of unbranched alkanes of at least 4 members (excludes halogenated alkanes) is 1. The van der Waals surface area contributed by atoms with Crippen LogP contribution in [0.5, 0.6) is 0 Å². The maximum Gasteiger partial charge on any atom is 0.312 e. The first-order chi connectivity index (χ1) is 15.3. The SMILES string of the molecule is CC(=O)NC12CC3CC(C1)CC(C(=O)OCCCCN1C(=O)c4ccccc4C1=O)(C3)C2. The molecule has 0 aromatic heterocycles. The van der Waals surface area contributed by atoms with E-state index >= 15 is 0 Å². The van der Waals surface area contributed by atoms with Gasteiger partial charge in [-0.05, 0) is 75.3 Å². The van der Waals surface area contributed by atoms with Gasteiger partial charge in [-0.2, -0.15) is 0 Å². The van der Waals surface area contributed by atoms with E-state index in [-0.39, 0.29) is 35.8 Å². The van der Waals surface area contributed by atoms with Crippen molar-refractivity contribution in [3.63, 3.8) is 0 Å². The molecule has 1 heterocycles. The molecule has 7 heteroatoms. The molecule has 4 saturated carbocycles. The quantitative estimate of drug-likeness (QED) is 0.401. The number of nitrogens with zero attached hydrogens (tertiary/aromatic N) is 1. The lowest BCUT2D eigenvalue weighted by Gasteiger charge is -2.60. The van der Waals surface area contributed by atoms with Gasteiger partial charge in [0, 0.05) is 19.0 Å². The van der Waals surface area contributed by atoms with Crippen molar-refractivity contribution in [3.8, 4) is 0 Å². The Balaban J connectivity index is 1.13. The molecular weight excluding hydrogens is 408 g/mol. The lowest BCUT2D eigenvalue weighted by atomic mass is 9.47. The van der Waals surface area contributed by atoms with Gasteiger partial charge in [-0.25, -0.2) is 0 Å². The van der Waals surface area contributed by atoms with Gasteiger partial charge < -0.3 is 10.1 Å². The van der Waals surface area contributed by atoms with Crippen molar-refractivity contribution >= 4 is 23.7 Å². The summed E-state index contributed by atoms with van der Waals surface area (Å²) in [5.74, 6) is 0.290. The van der Waals surface area contributed by atoms with Gasteiger partial charge in [0.2, 0.25) is 5.91 Å². The summed E-state index contributed by atoms with van der Waals surface area (Å²) in [7, 11) is 0. The topological polar surface area (TPSA) is 92.8 Å². The molecule has 1 N–H and O–H groups in total. The number of esters is 1. The number of carbonyl (C=O) groups is 4. The smallest absolute Gasteiger partial charge is 0.312 e. The maximum absolute atomic E-state index is 13.1. The lowest BCUT2D eigenvalue weighted by molar-refractivity contribution is -0.176. The second-order valence-electron chi connectivity index (χ2n) is 10.4. The number of imide groups is 1. The van der Waals surface area contributed by atoms with Crippen molar-refractivity contribution in [2.45, 2.75) is 63.8 Å². The average molecular weight is 439 g/mol. The highest BCUT2D eigenvalue weighted by Crippen LogP contribution is 2.62. The predicted molar refractivity (Wildman–Crippen MR) is 116 cm³/mol. The third-order valence-corrected chi connectivity index (χ3v) is 7.82. The third-order valence-electron chi connectivity index (χ3n) is 7.82. The van der Waals surface area contributed by atoms with Gasteiger partial charge in [0.15, 0.2) is 0 Å². The Morgan fingerprint density at radius 1 is 1.03 bits per heavy atom. The number of hydrogen-bond acceptors (Lipinski definition) is 5. The monoisotopic (exact) mass is 438 g/mol. The minimum atomic E-state index is -0.477. The van der Waals surface area contributed by atoms with E-state index in [1.807, 2.05) is 0 Å². The van der Waals surface area contributed by atoms with Crippen LogP contribution in [0, 0.1) is 17.3 Å². The van der Waals surface area contributed by atoms with Crippen molar-refractivity contribution in [2.75, 3.05) is 13.2 Å². The van der Waals surface area contributed by atoms with Gasteiger partial charge in [-0.3, -0.25) is 24.1 Å². The first kappa shape index (κ1) is 21.2.